The Morgan fingerprint density at radius 1 is 1.19 bits per heavy atom. The Kier molecular flexibility index (Phi) is 5.36. The standard InChI is InChI=1S/C17H24F3N5O/c1-9(2)22-16-24-14(11-4-3-5-12(26)13(11)18)23-15(25-16)21-8-10-6-17(19,20)7-10/h9-10,12,26H,3-8H2,1-2H3,(H2,21,22,23,24,25). The maximum atomic E-state index is 14.3. The van der Waals surface area contributed by atoms with Crippen LogP contribution in [-0.2, 0) is 0 Å². The highest BCUT2D eigenvalue weighted by atomic mass is 19.3. The fourth-order valence-corrected chi connectivity index (χ4v) is 3.22. The minimum atomic E-state index is -2.58. The minimum Gasteiger partial charge on any atom is -0.386 e. The third-order valence-electron chi connectivity index (χ3n) is 4.53. The van der Waals surface area contributed by atoms with Gasteiger partial charge in [0.2, 0.25) is 17.8 Å². The van der Waals surface area contributed by atoms with Gasteiger partial charge in [-0.15, -0.1) is 0 Å². The number of hydrogen-bond acceptors (Lipinski definition) is 6. The first-order valence-electron chi connectivity index (χ1n) is 8.95. The molecule has 26 heavy (non-hydrogen) atoms. The third kappa shape index (κ3) is 4.44. The molecule has 1 aromatic heterocycles. The van der Waals surface area contributed by atoms with Crippen LogP contribution in [0.15, 0.2) is 5.83 Å². The zero-order valence-electron chi connectivity index (χ0n) is 14.9. The van der Waals surface area contributed by atoms with E-state index in [0.29, 0.717) is 25.8 Å². The van der Waals surface area contributed by atoms with Gasteiger partial charge in [-0.25, -0.2) is 13.2 Å². The summed E-state index contributed by atoms with van der Waals surface area (Å²) in [6, 6.07) is 0.0548. The normalized spacial score (nSPS) is 23.1. The lowest BCUT2D eigenvalue weighted by Crippen LogP contribution is -2.39. The van der Waals surface area contributed by atoms with Crippen molar-refractivity contribution in [3.8, 4) is 0 Å². The Labute approximate surface area is 150 Å². The van der Waals surface area contributed by atoms with Crippen LogP contribution in [0.2, 0.25) is 0 Å². The van der Waals surface area contributed by atoms with Crippen molar-refractivity contribution in [2.45, 2.75) is 64.0 Å². The lowest BCUT2D eigenvalue weighted by molar-refractivity contribution is -0.106. The molecule has 0 spiro atoms. The quantitative estimate of drug-likeness (QED) is 0.711. The number of allylic oxidation sites excluding steroid dienone is 1. The number of halogens is 3. The van der Waals surface area contributed by atoms with E-state index in [1.54, 1.807) is 0 Å². The van der Waals surface area contributed by atoms with Gasteiger partial charge in [-0.1, -0.05) is 0 Å². The first-order chi connectivity index (χ1) is 12.2. The summed E-state index contributed by atoms with van der Waals surface area (Å²) in [6.07, 6.45) is 0.0105. The average molecular weight is 371 g/mol. The molecule has 9 heteroatoms. The number of anilines is 2. The third-order valence-corrected chi connectivity index (χ3v) is 4.53. The second-order valence-electron chi connectivity index (χ2n) is 7.35. The van der Waals surface area contributed by atoms with Crippen LogP contribution in [0.3, 0.4) is 0 Å². The van der Waals surface area contributed by atoms with Crippen LogP contribution < -0.4 is 10.6 Å². The van der Waals surface area contributed by atoms with E-state index in [1.165, 1.54) is 0 Å². The maximum absolute atomic E-state index is 14.3. The van der Waals surface area contributed by atoms with Crippen LogP contribution in [0.4, 0.5) is 25.1 Å². The summed E-state index contributed by atoms with van der Waals surface area (Å²) < 4.78 is 40.2. The molecule has 2 aliphatic rings. The van der Waals surface area contributed by atoms with Crippen molar-refractivity contribution >= 4 is 17.5 Å². The van der Waals surface area contributed by atoms with E-state index in [9.17, 15) is 18.3 Å². The zero-order chi connectivity index (χ0) is 18.9. The minimum absolute atomic E-state index is 0.0548. The largest absolute Gasteiger partial charge is 0.386 e. The molecule has 1 aromatic rings. The van der Waals surface area contributed by atoms with Crippen LogP contribution >= 0.6 is 0 Å². The molecule has 1 atom stereocenters. The predicted molar refractivity (Wildman–Crippen MR) is 92.6 cm³/mol. The molecule has 0 saturated heterocycles. The van der Waals surface area contributed by atoms with Crippen LogP contribution in [-0.4, -0.2) is 44.7 Å². The van der Waals surface area contributed by atoms with E-state index in [0.717, 1.165) is 0 Å². The molecule has 1 fully saturated rings. The predicted octanol–water partition coefficient (Wildman–Crippen LogP) is 3.37. The summed E-state index contributed by atoms with van der Waals surface area (Å²) in [7, 11) is 0. The topological polar surface area (TPSA) is 83.0 Å². The molecule has 0 bridgehead atoms. The fraction of sp³-hybridized carbons (Fsp3) is 0.706. The number of aromatic nitrogens is 3. The highest BCUT2D eigenvalue weighted by Gasteiger charge is 2.44. The van der Waals surface area contributed by atoms with Crippen molar-refractivity contribution in [2.24, 2.45) is 5.92 Å². The molecular formula is C17H24F3N5O. The van der Waals surface area contributed by atoms with E-state index < -0.39 is 17.9 Å². The first-order valence-corrected chi connectivity index (χ1v) is 8.95. The second-order valence-corrected chi connectivity index (χ2v) is 7.35. The highest BCUT2D eigenvalue weighted by molar-refractivity contribution is 5.65. The SMILES string of the molecule is CC(C)Nc1nc(NCC2CC(F)(F)C2)nc(C2=C(F)C(O)CCC2)n1. The smallest absolute Gasteiger partial charge is 0.248 e. The molecule has 0 radical (unpaired) electrons. The van der Waals surface area contributed by atoms with Crippen molar-refractivity contribution in [1.29, 1.82) is 0 Å². The number of aliphatic hydroxyl groups excluding tert-OH is 1. The van der Waals surface area contributed by atoms with Gasteiger partial charge in [-0.2, -0.15) is 15.0 Å². The van der Waals surface area contributed by atoms with Gasteiger partial charge in [0.25, 0.3) is 0 Å². The molecule has 3 N–H and O–H groups in total. The van der Waals surface area contributed by atoms with Crippen molar-refractivity contribution in [2.75, 3.05) is 17.2 Å². The maximum Gasteiger partial charge on any atom is 0.248 e. The Hall–Kier alpha value is -1.90. The first kappa shape index (κ1) is 18.9. The summed E-state index contributed by atoms with van der Waals surface area (Å²) >= 11 is 0. The summed E-state index contributed by atoms with van der Waals surface area (Å²) in [5.41, 5.74) is 0.274. The molecule has 1 saturated carbocycles. The molecule has 6 nitrogen and oxygen atoms in total. The Morgan fingerprint density at radius 3 is 2.54 bits per heavy atom. The number of aliphatic hydroxyl groups is 1. The molecule has 144 valence electrons. The molecule has 0 aromatic carbocycles. The summed E-state index contributed by atoms with van der Waals surface area (Å²) in [5.74, 6) is -2.66. The van der Waals surface area contributed by atoms with E-state index in [1.807, 2.05) is 13.8 Å². The molecule has 1 heterocycles. The number of alkyl halides is 2. The molecular weight excluding hydrogens is 347 g/mol. The summed E-state index contributed by atoms with van der Waals surface area (Å²) in [6.45, 7) is 4.15. The van der Waals surface area contributed by atoms with Gasteiger partial charge in [0.05, 0.1) is 0 Å². The molecule has 0 aliphatic heterocycles. The number of rotatable bonds is 6. The number of hydrogen-bond donors (Lipinski definition) is 3. The van der Waals surface area contributed by atoms with Crippen LogP contribution in [0.1, 0.15) is 51.8 Å². The Balaban J connectivity index is 1.81. The van der Waals surface area contributed by atoms with Gasteiger partial charge in [-0.3, -0.25) is 0 Å². The van der Waals surface area contributed by atoms with Crippen LogP contribution in [0.5, 0.6) is 0 Å². The average Bonchev–Trinajstić information content (AvgIpc) is 2.52. The van der Waals surface area contributed by atoms with E-state index in [4.69, 9.17) is 0 Å². The van der Waals surface area contributed by atoms with Crippen molar-refractivity contribution in [3.05, 3.63) is 11.7 Å². The van der Waals surface area contributed by atoms with Gasteiger partial charge >= 0.3 is 0 Å². The fourth-order valence-electron chi connectivity index (χ4n) is 3.22. The molecule has 0 amide bonds. The lowest BCUT2D eigenvalue weighted by atomic mass is 9.81. The zero-order valence-corrected chi connectivity index (χ0v) is 14.9. The van der Waals surface area contributed by atoms with Gasteiger partial charge < -0.3 is 15.7 Å². The van der Waals surface area contributed by atoms with Crippen LogP contribution in [0, 0.1) is 5.92 Å². The van der Waals surface area contributed by atoms with Gasteiger partial charge in [-0.05, 0) is 39.0 Å². The van der Waals surface area contributed by atoms with E-state index >= 15 is 0 Å². The van der Waals surface area contributed by atoms with E-state index in [2.05, 4.69) is 25.6 Å². The Bertz CT molecular complexity index is 687. The van der Waals surface area contributed by atoms with Crippen molar-refractivity contribution in [3.63, 3.8) is 0 Å². The monoisotopic (exact) mass is 371 g/mol. The van der Waals surface area contributed by atoms with Crippen LogP contribution in [0.25, 0.3) is 5.57 Å². The summed E-state index contributed by atoms with van der Waals surface area (Å²) in [5, 5.41) is 15.8. The molecule has 3 rings (SSSR count). The number of nitrogens with zero attached hydrogens (tertiary/aromatic N) is 3. The molecule has 1 unspecified atom stereocenters. The van der Waals surface area contributed by atoms with E-state index in [-0.39, 0.29) is 48.1 Å². The highest BCUT2D eigenvalue weighted by Crippen LogP contribution is 2.42. The summed E-state index contributed by atoms with van der Waals surface area (Å²) in [4.78, 5) is 12.7. The molecule has 2 aliphatic carbocycles. The van der Waals surface area contributed by atoms with Crippen molar-refractivity contribution < 1.29 is 18.3 Å². The number of nitrogens with one attached hydrogen (secondary N) is 2. The lowest BCUT2D eigenvalue weighted by Gasteiger charge is -2.34. The van der Waals surface area contributed by atoms with Crippen molar-refractivity contribution in [1.82, 2.24) is 15.0 Å². The van der Waals surface area contributed by atoms with Gasteiger partial charge in [0.1, 0.15) is 11.9 Å². The van der Waals surface area contributed by atoms with Gasteiger partial charge in [0.15, 0.2) is 5.82 Å². The second kappa shape index (κ2) is 7.38. The van der Waals surface area contributed by atoms with Gasteiger partial charge in [0, 0.05) is 31.0 Å². The Morgan fingerprint density at radius 2 is 1.88 bits per heavy atom.